The van der Waals surface area contributed by atoms with Crippen molar-refractivity contribution in [3.63, 3.8) is 0 Å². The molecule has 2 N–H and O–H groups in total. The maximum Gasteiger partial charge on any atom is 0.0788 e. The van der Waals surface area contributed by atoms with E-state index in [9.17, 15) is 0 Å². The summed E-state index contributed by atoms with van der Waals surface area (Å²) in [4.78, 5) is 0.495. The van der Waals surface area contributed by atoms with Crippen LogP contribution in [0, 0.1) is 0 Å². The van der Waals surface area contributed by atoms with Gasteiger partial charge >= 0.3 is 0 Å². The second kappa shape index (κ2) is 4.37. The molecule has 0 aromatic carbocycles. The summed E-state index contributed by atoms with van der Waals surface area (Å²) < 4.78 is 1.95. The van der Waals surface area contributed by atoms with Crippen molar-refractivity contribution in [2.24, 2.45) is 5.73 Å². The summed E-state index contributed by atoms with van der Waals surface area (Å²) >= 11 is 4.81. The fourth-order valence-corrected chi connectivity index (χ4v) is 1.23. The first kappa shape index (κ1) is 10.2. The minimum atomic E-state index is 0.445. The Hall–Kier alpha value is -0.900. The van der Waals surface area contributed by atoms with Gasteiger partial charge in [0.15, 0.2) is 0 Å². The molecule has 0 aliphatic rings. The molecule has 1 aromatic heterocycles. The highest BCUT2D eigenvalue weighted by atomic mass is 32.1. The monoisotopic (exact) mass is 197 g/mol. The molecule has 3 nitrogen and oxygen atoms in total. The molecular formula is C9H15N3S. The van der Waals surface area contributed by atoms with Crippen LogP contribution < -0.4 is 5.73 Å². The zero-order valence-electron chi connectivity index (χ0n) is 8.03. The number of nitrogens with two attached hydrogens (primary N) is 1. The highest BCUT2D eigenvalue weighted by Gasteiger charge is 2.04. The van der Waals surface area contributed by atoms with Crippen LogP contribution in [0.15, 0.2) is 12.3 Å². The smallest absolute Gasteiger partial charge is 0.0788 e. The zero-order chi connectivity index (χ0) is 9.84. The third-order valence-corrected chi connectivity index (χ3v) is 2.21. The second-order valence-electron chi connectivity index (χ2n) is 3.19. The molecule has 1 rings (SSSR count). The lowest BCUT2D eigenvalue weighted by molar-refractivity contribution is 0.475. The third-order valence-electron chi connectivity index (χ3n) is 2.06. The van der Waals surface area contributed by atoms with E-state index in [0.29, 0.717) is 17.5 Å². The Morgan fingerprint density at radius 3 is 3.00 bits per heavy atom. The van der Waals surface area contributed by atoms with Crippen LogP contribution in [0.2, 0.25) is 0 Å². The van der Waals surface area contributed by atoms with Gasteiger partial charge in [0.1, 0.15) is 0 Å². The largest absolute Gasteiger partial charge is 0.393 e. The predicted molar refractivity (Wildman–Crippen MR) is 57.7 cm³/mol. The SMILES string of the molecule is CCC(C)n1ccc(CC(N)=S)n1. The lowest BCUT2D eigenvalue weighted by atomic mass is 10.3. The molecule has 1 aromatic rings. The van der Waals surface area contributed by atoms with Gasteiger partial charge in [-0.1, -0.05) is 19.1 Å². The minimum absolute atomic E-state index is 0.445. The Morgan fingerprint density at radius 2 is 2.46 bits per heavy atom. The molecule has 0 fully saturated rings. The molecule has 1 atom stereocenters. The van der Waals surface area contributed by atoms with E-state index in [2.05, 4.69) is 18.9 Å². The summed E-state index contributed by atoms with van der Waals surface area (Å²) in [6.07, 6.45) is 3.65. The highest BCUT2D eigenvalue weighted by Crippen LogP contribution is 2.09. The lowest BCUT2D eigenvalue weighted by Crippen LogP contribution is -2.12. The molecule has 0 aliphatic heterocycles. The molecule has 0 saturated heterocycles. The minimum Gasteiger partial charge on any atom is -0.393 e. The molecular weight excluding hydrogens is 182 g/mol. The quantitative estimate of drug-likeness (QED) is 0.747. The lowest BCUT2D eigenvalue weighted by Gasteiger charge is -2.07. The van der Waals surface area contributed by atoms with Crippen LogP contribution in [0.1, 0.15) is 32.0 Å². The average Bonchev–Trinajstić information content (AvgIpc) is 2.50. The van der Waals surface area contributed by atoms with Crippen molar-refractivity contribution >= 4 is 17.2 Å². The average molecular weight is 197 g/mol. The third kappa shape index (κ3) is 2.81. The number of thiocarbonyl (C=S) groups is 1. The summed E-state index contributed by atoms with van der Waals surface area (Å²) in [5.74, 6) is 0. The Labute approximate surface area is 83.9 Å². The van der Waals surface area contributed by atoms with Crippen LogP contribution in [-0.4, -0.2) is 14.8 Å². The summed E-state index contributed by atoms with van der Waals surface area (Å²) in [6, 6.07) is 2.41. The van der Waals surface area contributed by atoms with E-state index >= 15 is 0 Å². The highest BCUT2D eigenvalue weighted by molar-refractivity contribution is 7.80. The zero-order valence-corrected chi connectivity index (χ0v) is 8.84. The summed E-state index contributed by atoms with van der Waals surface area (Å²) in [7, 11) is 0. The van der Waals surface area contributed by atoms with Crippen molar-refractivity contribution in [1.82, 2.24) is 9.78 Å². The van der Waals surface area contributed by atoms with E-state index in [1.165, 1.54) is 0 Å². The fraction of sp³-hybridized carbons (Fsp3) is 0.556. The van der Waals surface area contributed by atoms with Crippen LogP contribution in [0.5, 0.6) is 0 Å². The number of rotatable bonds is 4. The second-order valence-corrected chi connectivity index (χ2v) is 3.71. The molecule has 0 aliphatic carbocycles. The Balaban J connectivity index is 2.68. The van der Waals surface area contributed by atoms with E-state index in [4.69, 9.17) is 18.0 Å². The molecule has 1 heterocycles. The van der Waals surface area contributed by atoms with Crippen molar-refractivity contribution in [2.45, 2.75) is 32.7 Å². The van der Waals surface area contributed by atoms with Crippen molar-refractivity contribution in [2.75, 3.05) is 0 Å². The molecule has 0 amide bonds. The van der Waals surface area contributed by atoms with Crippen LogP contribution in [0.4, 0.5) is 0 Å². The van der Waals surface area contributed by atoms with E-state index in [1.807, 2.05) is 16.9 Å². The maximum atomic E-state index is 5.42. The molecule has 1 unspecified atom stereocenters. The number of hydrogen-bond acceptors (Lipinski definition) is 2. The number of hydrogen-bond donors (Lipinski definition) is 1. The van der Waals surface area contributed by atoms with Crippen LogP contribution in [-0.2, 0) is 6.42 Å². The first-order chi connectivity index (χ1) is 6.13. The molecule has 13 heavy (non-hydrogen) atoms. The molecule has 0 bridgehead atoms. The van der Waals surface area contributed by atoms with Crippen LogP contribution >= 0.6 is 12.2 Å². The summed E-state index contributed by atoms with van der Waals surface area (Å²) in [5, 5.41) is 4.37. The maximum absolute atomic E-state index is 5.42. The summed E-state index contributed by atoms with van der Waals surface area (Å²) in [5.41, 5.74) is 6.38. The van der Waals surface area contributed by atoms with E-state index < -0.39 is 0 Å². The predicted octanol–water partition coefficient (Wildman–Crippen LogP) is 1.68. The van der Waals surface area contributed by atoms with Crippen LogP contribution in [0.3, 0.4) is 0 Å². The fourth-order valence-electron chi connectivity index (χ4n) is 1.08. The molecule has 0 saturated carbocycles. The standard InChI is InChI=1S/C9H15N3S/c1-3-7(2)12-5-4-8(11-12)6-9(10)13/h4-5,7H,3,6H2,1-2H3,(H2,10,13). The molecule has 4 heteroatoms. The van der Waals surface area contributed by atoms with E-state index in [-0.39, 0.29) is 0 Å². The Morgan fingerprint density at radius 1 is 1.77 bits per heavy atom. The van der Waals surface area contributed by atoms with Gasteiger partial charge in [-0.2, -0.15) is 5.10 Å². The van der Waals surface area contributed by atoms with Gasteiger partial charge in [-0.25, -0.2) is 0 Å². The Kier molecular flexibility index (Phi) is 3.42. The van der Waals surface area contributed by atoms with Crippen molar-refractivity contribution in [3.8, 4) is 0 Å². The topological polar surface area (TPSA) is 43.8 Å². The molecule has 72 valence electrons. The van der Waals surface area contributed by atoms with Gasteiger partial charge in [0.2, 0.25) is 0 Å². The van der Waals surface area contributed by atoms with Crippen LogP contribution in [0.25, 0.3) is 0 Å². The summed E-state index contributed by atoms with van der Waals surface area (Å²) in [6.45, 7) is 4.27. The van der Waals surface area contributed by atoms with Gasteiger partial charge in [-0.3, -0.25) is 4.68 Å². The molecule has 0 radical (unpaired) electrons. The van der Waals surface area contributed by atoms with Gasteiger partial charge in [0.05, 0.1) is 10.7 Å². The normalized spacial score (nSPS) is 12.8. The van der Waals surface area contributed by atoms with Gasteiger partial charge in [-0.15, -0.1) is 0 Å². The Bertz CT molecular complexity index is 293. The van der Waals surface area contributed by atoms with Crippen molar-refractivity contribution in [1.29, 1.82) is 0 Å². The number of aromatic nitrogens is 2. The van der Waals surface area contributed by atoms with Gasteiger partial charge in [-0.05, 0) is 19.4 Å². The first-order valence-corrected chi connectivity index (χ1v) is 4.86. The van der Waals surface area contributed by atoms with Gasteiger partial charge < -0.3 is 5.73 Å². The van der Waals surface area contributed by atoms with E-state index in [0.717, 1.165) is 12.1 Å². The van der Waals surface area contributed by atoms with Crippen molar-refractivity contribution < 1.29 is 0 Å². The van der Waals surface area contributed by atoms with Gasteiger partial charge in [0.25, 0.3) is 0 Å². The number of nitrogens with zero attached hydrogens (tertiary/aromatic N) is 2. The van der Waals surface area contributed by atoms with Crippen molar-refractivity contribution in [3.05, 3.63) is 18.0 Å². The first-order valence-electron chi connectivity index (χ1n) is 4.45. The molecule has 0 spiro atoms. The van der Waals surface area contributed by atoms with E-state index in [1.54, 1.807) is 0 Å². The van der Waals surface area contributed by atoms with Gasteiger partial charge in [0, 0.05) is 18.7 Å².